The molecule has 1 saturated carbocycles. The van der Waals surface area contributed by atoms with Crippen molar-refractivity contribution in [2.75, 3.05) is 6.54 Å². The molecule has 1 fully saturated rings. The molecule has 1 aliphatic carbocycles. The number of alkyl carbamates (subject to hydrolysis) is 1. The van der Waals surface area contributed by atoms with E-state index in [1.54, 1.807) is 0 Å². The Kier molecular flexibility index (Phi) is 8.96. The molecule has 1 aromatic rings. The van der Waals surface area contributed by atoms with Crippen LogP contribution in [0, 0.1) is 5.92 Å². The summed E-state index contributed by atoms with van der Waals surface area (Å²) in [6.45, 7) is 13.4. The summed E-state index contributed by atoms with van der Waals surface area (Å²) in [6, 6.07) is 0.324. The summed E-state index contributed by atoms with van der Waals surface area (Å²) in [6.07, 6.45) is 8.44. The predicted octanol–water partition coefficient (Wildman–Crippen LogP) is 4.55. The lowest BCUT2D eigenvalue weighted by Crippen LogP contribution is -2.34. The van der Waals surface area contributed by atoms with Gasteiger partial charge in [-0.1, -0.05) is 0 Å². The van der Waals surface area contributed by atoms with E-state index in [9.17, 15) is 14.7 Å². The van der Waals surface area contributed by atoms with Crippen LogP contribution in [0.3, 0.4) is 0 Å². The molecule has 0 aromatic carbocycles. The molecule has 8 heteroatoms. The lowest BCUT2D eigenvalue weighted by Gasteiger charge is -2.33. The average Bonchev–Trinajstić information content (AvgIpc) is 3.09. The van der Waals surface area contributed by atoms with Gasteiger partial charge in [0.1, 0.15) is 11.2 Å². The van der Waals surface area contributed by atoms with Crippen molar-refractivity contribution in [2.45, 2.75) is 116 Å². The number of hydrogen-bond acceptors (Lipinski definition) is 6. The average molecular weight is 466 g/mol. The fourth-order valence-corrected chi connectivity index (χ4v) is 4.00. The van der Waals surface area contributed by atoms with E-state index < -0.39 is 22.9 Å². The number of hydrogen-bond donors (Lipinski definition) is 2. The molecule has 1 heterocycles. The van der Waals surface area contributed by atoms with Crippen LogP contribution in [0.25, 0.3) is 0 Å². The molecule has 0 radical (unpaired) electrons. The lowest BCUT2D eigenvalue weighted by atomic mass is 9.83. The van der Waals surface area contributed by atoms with Gasteiger partial charge in [0, 0.05) is 25.2 Å². The number of aliphatic hydroxyl groups is 1. The van der Waals surface area contributed by atoms with Crippen molar-refractivity contribution in [3.8, 4) is 0 Å². The van der Waals surface area contributed by atoms with Gasteiger partial charge in [-0.05, 0) is 87.0 Å². The van der Waals surface area contributed by atoms with Crippen LogP contribution in [-0.2, 0) is 20.7 Å². The zero-order valence-corrected chi connectivity index (χ0v) is 21.4. The van der Waals surface area contributed by atoms with Gasteiger partial charge in [0.05, 0.1) is 23.5 Å². The van der Waals surface area contributed by atoms with E-state index in [2.05, 4.69) is 14.9 Å². The second-order valence-corrected chi connectivity index (χ2v) is 11.5. The number of nitrogens with zero attached hydrogens (tertiary/aromatic N) is 2. The number of esters is 1. The Labute approximate surface area is 198 Å². The van der Waals surface area contributed by atoms with E-state index >= 15 is 0 Å². The third-order valence-corrected chi connectivity index (χ3v) is 5.70. The first-order chi connectivity index (χ1) is 15.1. The van der Waals surface area contributed by atoms with E-state index in [1.807, 2.05) is 61.0 Å². The molecule has 1 aromatic heterocycles. The molecule has 1 unspecified atom stereocenters. The molecule has 1 aliphatic rings. The zero-order chi connectivity index (χ0) is 24.9. The fraction of sp³-hybridized carbons (Fsp3) is 0.800. The Hall–Kier alpha value is -2.09. The first-order valence-electron chi connectivity index (χ1n) is 12.1. The minimum atomic E-state index is -0.574. The smallest absolute Gasteiger partial charge is 0.407 e. The maximum absolute atomic E-state index is 12.9. The highest BCUT2D eigenvalue weighted by Crippen LogP contribution is 2.34. The maximum Gasteiger partial charge on any atom is 0.407 e. The van der Waals surface area contributed by atoms with Gasteiger partial charge < -0.3 is 24.5 Å². The maximum atomic E-state index is 12.9. The first kappa shape index (κ1) is 27.2. The van der Waals surface area contributed by atoms with E-state index in [1.165, 1.54) is 0 Å². The Morgan fingerprint density at radius 2 is 1.79 bits per heavy atom. The van der Waals surface area contributed by atoms with E-state index in [4.69, 9.17) is 9.47 Å². The van der Waals surface area contributed by atoms with E-state index in [0.717, 1.165) is 31.4 Å². The molecule has 2 N–H and O–H groups in total. The van der Waals surface area contributed by atoms with Gasteiger partial charge in [-0.15, -0.1) is 0 Å². The molecular weight excluding hydrogens is 422 g/mol. The third kappa shape index (κ3) is 10.2. The molecule has 0 bridgehead atoms. The van der Waals surface area contributed by atoms with Crippen LogP contribution in [0.15, 0.2) is 12.5 Å². The molecule has 33 heavy (non-hydrogen) atoms. The Balaban J connectivity index is 1.95. The number of amides is 1. The summed E-state index contributed by atoms with van der Waals surface area (Å²) in [5.41, 5.74) is -0.837. The number of imidazole rings is 1. The van der Waals surface area contributed by atoms with Crippen LogP contribution in [0.5, 0.6) is 0 Å². The monoisotopic (exact) mass is 465 g/mol. The molecule has 0 aliphatic heterocycles. The summed E-state index contributed by atoms with van der Waals surface area (Å²) in [4.78, 5) is 29.3. The van der Waals surface area contributed by atoms with Gasteiger partial charge >= 0.3 is 12.1 Å². The highest BCUT2D eigenvalue weighted by Gasteiger charge is 2.30. The largest absolute Gasteiger partial charge is 0.460 e. The van der Waals surface area contributed by atoms with Gasteiger partial charge in [-0.3, -0.25) is 4.79 Å². The summed E-state index contributed by atoms with van der Waals surface area (Å²) >= 11 is 0. The number of aromatic nitrogens is 2. The highest BCUT2D eigenvalue weighted by molar-refractivity contribution is 5.73. The van der Waals surface area contributed by atoms with Crippen LogP contribution in [0.4, 0.5) is 4.79 Å². The summed E-state index contributed by atoms with van der Waals surface area (Å²) in [5, 5.41) is 12.9. The van der Waals surface area contributed by atoms with Crippen molar-refractivity contribution in [3.63, 3.8) is 0 Å². The van der Waals surface area contributed by atoms with Gasteiger partial charge in [-0.2, -0.15) is 0 Å². The van der Waals surface area contributed by atoms with Crippen LogP contribution in [0.1, 0.15) is 98.7 Å². The van der Waals surface area contributed by atoms with Gasteiger partial charge in [0.15, 0.2) is 0 Å². The fourth-order valence-electron chi connectivity index (χ4n) is 4.00. The second kappa shape index (κ2) is 10.9. The Morgan fingerprint density at radius 3 is 2.36 bits per heavy atom. The summed E-state index contributed by atoms with van der Waals surface area (Å²) < 4.78 is 13.0. The topological polar surface area (TPSA) is 103 Å². The van der Waals surface area contributed by atoms with E-state index in [0.29, 0.717) is 31.8 Å². The quantitative estimate of drug-likeness (QED) is 0.431. The SMILES string of the molecule is CC1(O)CCC(n2cnc(CC(CCCNC(=O)OC(C)(C)C)C(=O)OC(C)(C)C)c2)CC1. The lowest BCUT2D eigenvalue weighted by molar-refractivity contribution is -0.160. The van der Waals surface area contributed by atoms with Crippen molar-refractivity contribution in [1.29, 1.82) is 0 Å². The first-order valence-corrected chi connectivity index (χ1v) is 12.1. The number of nitrogens with one attached hydrogen (secondary N) is 1. The Morgan fingerprint density at radius 1 is 1.18 bits per heavy atom. The highest BCUT2D eigenvalue weighted by atomic mass is 16.6. The molecule has 0 spiro atoms. The van der Waals surface area contributed by atoms with E-state index in [-0.39, 0.29) is 11.9 Å². The van der Waals surface area contributed by atoms with Crippen molar-refractivity contribution in [2.24, 2.45) is 5.92 Å². The number of carbonyl (C=O) groups excluding carboxylic acids is 2. The van der Waals surface area contributed by atoms with Crippen LogP contribution >= 0.6 is 0 Å². The molecular formula is C25H43N3O5. The summed E-state index contributed by atoms with van der Waals surface area (Å²) in [5.74, 6) is -0.594. The standard InChI is InChI=1S/C25H43N3O5/c1-23(2,3)32-21(29)18(9-8-14-26-22(30)33-24(4,5)6)15-19-16-28(17-27-19)20-10-12-25(7,31)13-11-20/h16-18,20,31H,8-15H2,1-7H3,(H,26,30). The zero-order valence-electron chi connectivity index (χ0n) is 21.4. The molecule has 8 nitrogen and oxygen atoms in total. The number of rotatable bonds is 8. The normalized spacial score (nSPS) is 22.5. The predicted molar refractivity (Wildman–Crippen MR) is 127 cm³/mol. The summed E-state index contributed by atoms with van der Waals surface area (Å²) in [7, 11) is 0. The van der Waals surface area contributed by atoms with Gasteiger partial charge in [0.2, 0.25) is 0 Å². The van der Waals surface area contributed by atoms with Crippen LogP contribution < -0.4 is 5.32 Å². The molecule has 188 valence electrons. The molecule has 2 rings (SSSR count). The number of carbonyl (C=O) groups is 2. The Bertz CT molecular complexity index is 779. The van der Waals surface area contributed by atoms with Crippen molar-refractivity contribution < 1.29 is 24.2 Å². The van der Waals surface area contributed by atoms with Crippen molar-refractivity contribution >= 4 is 12.1 Å². The second-order valence-electron chi connectivity index (χ2n) is 11.5. The van der Waals surface area contributed by atoms with Crippen LogP contribution in [0.2, 0.25) is 0 Å². The minimum Gasteiger partial charge on any atom is -0.460 e. The number of ether oxygens (including phenoxy) is 2. The van der Waals surface area contributed by atoms with Gasteiger partial charge in [-0.25, -0.2) is 9.78 Å². The van der Waals surface area contributed by atoms with Crippen LogP contribution in [-0.4, -0.2) is 50.1 Å². The molecule has 0 saturated heterocycles. The van der Waals surface area contributed by atoms with Crippen molar-refractivity contribution in [3.05, 3.63) is 18.2 Å². The molecule has 1 atom stereocenters. The third-order valence-electron chi connectivity index (χ3n) is 5.70. The van der Waals surface area contributed by atoms with Crippen molar-refractivity contribution in [1.82, 2.24) is 14.9 Å². The molecule has 1 amide bonds. The minimum absolute atomic E-state index is 0.247. The van der Waals surface area contributed by atoms with Gasteiger partial charge in [0.25, 0.3) is 0 Å².